The number of benzene rings is 1. The second-order valence-corrected chi connectivity index (χ2v) is 3.12. The lowest BCUT2D eigenvalue weighted by atomic mass is 10.1. The van der Waals surface area contributed by atoms with Crippen LogP contribution in [0.15, 0.2) is 30.3 Å². The summed E-state index contributed by atoms with van der Waals surface area (Å²) in [6.45, 7) is 0. The molecule has 3 nitrogen and oxygen atoms in total. The Morgan fingerprint density at radius 1 is 1.57 bits per heavy atom. The van der Waals surface area contributed by atoms with Gasteiger partial charge < -0.3 is 10.4 Å². The van der Waals surface area contributed by atoms with Crippen LogP contribution in [0.1, 0.15) is 13.4 Å². The van der Waals surface area contributed by atoms with E-state index in [0.29, 0.717) is 12.8 Å². The maximum atomic E-state index is 10.8. The van der Waals surface area contributed by atoms with Crippen molar-refractivity contribution in [3.05, 3.63) is 35.9 Å². The number of carboxylic acid groups (broad SMARTS) is 1. The Kier molecular flexibility index (Phi) is 3.55. The fourth-order valence-corrected chi connectivity index (χ4v) is 1.27. The van der Waals surface area contributed by atoms with Crippen LogP contribution in [0.4, 0.5) is 0 Å². The minimum Gasteiger partial charge on any atom is -0.480 e. The molecule has 1 atom stereocenters. The minimum atomic E-state index is -0.891. The molecular weight excluding hydrogens is 178 g/mol. The fourth-order valence-electron chi connectivity index (χ4n) is 1.27. The molecule has 0 fully saturated rings. The summed E-state index contributed by atoms with van der Waals surface area (Å²) in [5.74, 6) is -0.891. The van der Waals surface area contributed by atoms with E-state index in [2.05, 4.69) is 5.32 Å². The van der Waals surface area contributed by atoms with Crippen LogP contribution in [0.3, 0.4) is 0 Å². The molecule has 0 aliphatic carbocycles. The molecule has 0 aliphatic heterocycles. The minimum absolute atomic E-state index is 0.0637. The first-order chi connectivity index (χ1) is 7.24. The standard InChI is InChI=1S/C11H15NO2/c1-12-10(11(13)14)8-7-9-5-3-2-4-6-9/h2-6,10,12H,7-8H2,1H3,(H,13,14)/t10-/m0/s1/i1D. The molecule has 3 heteroatoms. The fraction of sp³-hybridized carbons (Fsp3) is 0.364. The smallest absolute Gasteiger partial charge is 0.320 e. The van der Waals surface area contributed by atoms with Gasteiger partial charge in [0, 0.05) is 1.37 Å². The third-order valence-electron chi connectivity index (χ3n) is 2.11. The van der Waals surface area contributed by atoms with Crippen LogP contribution < -0.4 is 5.32 Å². The van der Waals surface area contributed by atoms with Gasteiger partial charge in [0.2, 0.25) is 0 Å². The first-order valence-electron chi connectivity index (χ1n) is 5.24. The number of aliphatic carboxylic acids is 1. The van der Waals surface area contributed by atoms with E-state index in [9.17, 15) is 4.79 Å². The zero-order chi connectivity index (χ0) is 11.1. The average molecular weight is 194 g/mol. The Hall–Kier alpha value is -1.35. The SMILES string of the molecule is [2H]CN[C@@H](CCc1ccccc1)C(=O)O. The highest BCUT2D eigenvalue weighted by Gasteiger charge is 2.13. The topological polar surface area (TPSA) is 49.3 Å². The molecule has 0 aliphatic rings. The molecule has 0 amide bonds. The molecule has 76 valence electrons. The molecule has 14 heavy (non-hydrogen) atoms. The largest absolute Gasteiger partial charge is 0.480 e. The van der Waals surface area contributed by atoms with Crippen molar-refractivity contribution in [1.29, 1.82) is 0 Å². The Morgan fingerprint density at radius 2 is 2.29 bits per heavy atom. The van der Waals surface area contributed by atoms with Gasteiger partial charge in [-0.3, -0.25) is 4.79 Å². The van der Waals surface area contributed by atoms with E-state index in [0.717, 1.165) is 5.56 Å². The first kappa shape index (κ1) is 9.21. The van der Waals surface area contributed by atoms with Gasteiger partial charge in [0.15, 0.2) is 0 Å². The third-order valence-corrected chi connectivity index (χ3v) is 2.11. The van der Waals surface area contributed by atoms with Crippen molar-refractivity contribution in [2.45, 2.75) is 18.9 Å². The predicted molar refractivity (Wildman–Crippen MR) is 55.2 cm³/mol. The quantitative estimate of drug-likeness (QED) is 0.742. The molecule has 0 saturated heterocycles. The molecule has 0 spiro atoms. The van der Waals surface area contributed by atoms with Gasteiger partial charge in [-0.05, 0) is 25.4 Å². The third kappa shape index (κ3) is 3.18. The maximum Gasteiger partial charge on any atom is 0.320 e. The van der Waals surface area contributed by atoms with Crippen molar-refractivity contribution < 1.29 is 11.3 Å². The van der Waals surface area contributed by atoms with Crippen molar-refractivity contribution in [1.82, 2.24) is 5.32 Å². The van der Waals surface area contributed by atoms with E-state index in [1.807, 2.05) is 30.3 Å². The highest BCUT2D eigenvalue weighted by atomic mass is 16.4. The van der Waals surface area contributed by atoms with Crippen molar-refractivity contribution in [2.24, 2.45) is 0 Å². The van der Waals surface area contributed by atoms with Gasteiger partial charge in [0.05, 0.1) is 0 Å². The van der Waals surface area contributed by atoms with Crippen molar-refractivity contribution >= 4 is 5.97 Å². The number of hydrogen-bond acceptors (Lipinski definition) is 2. The second-order valence-electron chi connectivity index (χ2n) is 3.12. The van der Waals surface area contributed by atoms with Crippen LogP contribution in [0, 0.1) is 0 Å². The number of rotatable bonds is 5. The Morgan fingerprint density at radius 3 is 2.86 bits per heavy atom. The predicted octanol–water partition coefficient (Wildman–Crippen LogP) is 1.29. The van der Waals surface area contributed by atoms with Gasteiger partial charge in [-0.1, -0.05) is 30.3 Å². The molecule has 2 N–H and O–H groups in total. The summed E-state index contributed by atoms with van der Waals surface area (Å²) >= 11 is 0. The van der Waals surface area contributed by atoms with E-state index in [4.69, 9.17) is 6.48 Å². The summed E-state index contributed by atoms with van der Waals surface area (Å²) < 4.78 is 6.94. The Bertz CT molecular complexity index is 303. The molecule has 1 aromatic rings. The Balaban J connectivity index is 2.43. The number of nitrogens with one attached hydrogen (secondary N) is 1. The average Bonchev–Trinajstić information content (AvgIpc) is 2.25. The highest BCUT2D eigenvalue weighted by Crippen LogP contribution is 2.04. The molecule has 1 aromatic carbocycles. The van der Waals surface area contributed by atoms with E-state index < -0.39 is 12.0 Å². The number of aryl methyl sites for hydroxylation is 1. The monoisotopic (exact) mass is 194 g/mol. The van der Waals surface area contributed by atoms with Crippen LogP contribution in [0.2, 0.25) is 0 Å². The molecule has 0 unspecified atom stereocenters. The van der Waals surface area contributed by atoms with Crippen LogP contribution >= 0.6 is 0 Å². The summed E-state index contributed by atoms with van der Waals surface area (Å²) in [4.78, 5) is 10.8. The zero-order valence-electron chi connectivity index (χ0n) is 8.94. The Labute approximate surface area is 85.2 Å². The summed E-state index contributed by atoms with van der Waals surface area (Å²) in [5, 5.41) is 11.5. The lowest BCUT2D eigenvalue weighted by Crippen LogP contribution is -2.34. The van der Waals surface area contributed by atoms with Gasteiger partial charge in [-0.15, -0.1) is 0 Å². The molecule has 1 rings (SSSR count). The van der Waals surface area contributed by atoms with Gasteiger partial charge in [-0.2, -0.15) is 0 Å². The van der Waals surface area contributed by atoms with Gasteiger partial charge >= 0.3 is 5.97 Å². The summed E-state index contributed by atoms with van der Waals surface area (Å²) in [6.07, 6.45) is 1.23. The number of carbonyl (C=O) groups is 1. The summed E-state index contributed by atoms with van der Waals surface area (Å²) in [6, 6.07) is 9.12. The van der Waals surface area contributed by atoms with E-state index >= 15 is 0 Å². The summed E-state index contributed by atoms with van der Waals surface area (Å²) in [7, 11) is -0.0637. The van der Waals surface area contributed by atoms with Gasteiger partial charge in [-0.25, -0.2) is 0 Å². The van der Waals surface area contributed by atoms with Crippen LogP contribution in [0.25, 0.3) is 0 Å². The van der Waals surface area contributed by atoms with E-state index in [-0.39, 0.29) is 7.02 Å². The van der Waals surface area contributed by atoms with Crippen molar-refractivity contribution in [3.63, 3.8) is 0 Å². The second kappa shape index (κ2) is 5.40. The molecule has 0 radical (unpaired) electrons. The van der Waals surface area contributed by atoms with Crippen molar-refractivity contribution in [2.75, 3.05) is 7.02 Å². The number of likely N-dealkylation sites (N-methyl/N-ethyl adjacent to an activating group) is 1. The normalized spacial score (nSPS) is 13.3. The summed E-state index contributed by atoms with van der Waals surface area (Å²) in [5.41, 5.74) is 1.12. The lowest BCUT2D eigenvalue weighted by Gasteiger charge is -2.10. The first-order valence-corrected chi connectivity index (χ1v) is 4.53. The number of carboxylic acids is 1. The van der Waals surface area contributed by atoms with Crippen LogP contribution in [-0.4, -0.2) is 24.1 Å². The van der Waals surface area contributed by atoms with Crippen molar-refractivity contribution in [3.8, 4) is 0 Å². The van der Waals surface area contributed by atoms with Crippen LogP contribution in [0.5, 0.6) is 0 Å². The van der Waals surface area contributed by atoms with Gasteiger partial charge in [0.1, 0.15) is 6.04 Å². The zero-order valence-corrected chi connectivity index (χ0v) is 7.94. The van der Waals surface area contributed by atoms with E-state index in [1.165, 1.54) is 0 Å². The molecule has 0 heterocycles. The molecule has 0 bridgehead atoms. The van der Waals surface area contributed by atoms with Crippen LogP contribution in [-0.2, 0) is 11.2 Å². The molecular formula is C11H15NO2. The van der Waals surface area contributed by atoms with E-state index in [1.54, 1.807) is 0 Å². The lowest BCUT2D eigenvalue weighted by molar-refractivity contribution is -0.139. The molecule has 0 saturated carbocycles. The highest BCUT2D eigenvalue weighted by molar-refractivity contribution is 5.73. The maximum absolute atomic E-state index is 10.8. The van der Waals surface area contributed by atoms with Gasteiger partial charge in [0.25, 0.3) is 0 Å². The molecule has 0 aromatic heterocycles. The number of hydrogen-bond donors (Lipinski definition) is 2.